The van der Waals surface area contributed by atoms with Gasteiger partial charge in [-0.15, -0.1) is 0 Å². The Morgan fingerprint density at radius 1 is 1.33 bits per heavy atom. The van der Waals surface area contributed by atoms with E-state index in [1.54, 1.807) is 6.20 Å². The molecule has 0 saturated carbocycles. The Hall–Kier alpha value is -1.20. The van der Waals surface area contributed by atoms with Crippen molar-refractivity contribution in [1.29, 1.82) is 0 Å². The maximum atomic E-state index is 6.12. The maximum absolute atomic E-state index is 6.12. The van der Waals surface area contributed by atoms with Gasteiger partial charge in [-0.2, -0.15) is 0 Å². The Morgan fingerprint density at radius 2 is 2.17 bits per heavy atom. The van der Waals surface area contributed by atoms with Crippen LogP contribution in [0.15, 0.2) is 28.6 Å². The van der Waals surface area contributed by atoms with E-state index in [4.69, 9.17) is 11.6 Å². The number of nitrogens with zero attached hydrogens (tertiary/aromatic N) is 4. The third-order valence-electron chi connectivity index (χ3n) is 2.32. The molecular formula is C12H13ClN4S. The quantitative estimate of drug-likeness (QED) is 0.804. The fourth-order valence-corrected chi connectivity index (χ4v) is 2.45. The van der Waals surface area contributed by atoms with E-state index < -0.39 is 0 Å². The van der Waals surface area contributed by atoms with Gasteiger partial charge in [0.15, 0.2) is 0 Å². The van der Waals surface area contributed by atoms with Crippen LogP contribution >= 0.6 is 23.4 Å². The molecule has 0 aliphatic rings. The predicted molar refractivity (Wildman–Crippen MR) is 71.9 cm³/mol. The van der Waals surface area contributed by atoms with Crippen molar-refractivity contribution in [3.05, 3.63) is 35.1 Å². The third-order valence-corrected chi connectivity index (χ3v) is 3.73. The molecule has 18 heavy (non-hydrogen) atoms. The van der Waals surface area contributed by atoms with Gasteiger partial charge in [-0.25, -0.2) is 19.9 Å². The molecule has 0 aliphatic heterocycles. The van der Waals surface area contributed by atoms with E-state index in [1.165, 1.54) is 18.1 Å². The Kier molecular flexibility index (Phi) is 4.49. The lowest BCUT2D eigenvalue weighted by Gasteiger charge is -2.07. The molecule has 0 amide bonds. The van der Waals surface area contributed by atoms with Crippen LogP contribution in [0.2, 0.25) is 5.15 Å². The van der Waals surface area contributed by atoms with Crippen LogP contribution < -0.4 is 0 Å². The van der Waals surface area contributed by atoms with Crippen molar-refractivity contribution < 1.29 is 0 Å². The van der Waals surface area contributed by atoms with Crippen LogP contribution in [0.1, 0.15) is 24.7 Å². The van der Waals surface area contributed by atoms with Crippen molar-refractivity contribution in [3.8, 4) is 0 Å². The van der Waals surface area contributed by atoms with Crippen LogP contribution in [0.5, 0.6) is 0 Å². The number of aromatic nitrogens is 4. The second kappa shape index (κ2) is 6.11. The van der Waals surface area contributed by atoms with Crippen molar-refractivity contribution in [2.45, 2.75) is 36.7 Å². The minimum absolute atomic E-state index is 0.519. The zero-order chi connectivity index (χ0) is 13.0. The van der Waals surface area contributed by atoms with Crippen molar-refractivity contribution in [2.75, 3.05) is 0 Å². The molecule has 0 unspecified atom stereocenters. The smallest absolute Gasteiger partial charge is 0.136 e. The lowest BCUT2D eigenvalue weighted by atomic mass is 10.3. The van der Waals surface area contributed by atoms with E-state index in [0.29, 0.717) is 5.15 Å². The highest BCUT2D eigenvalue weighted by molar-refractivity contribution is 7.99. The van der Waals surface area contributed by atoms with Crippen molar-refractivity contribution in [3.63, 3.8) is 0 Å². The minimum Gasteiger partial charge on any atom is -0.245 e. The van der Waals surface area contributed by atoms with Crippen LogP contribution in [0.25, 0.3) is 0 Å². The molecule has 94 valence electrons. The molecule has 2 heterocycles. The minimum atomic E-state index is 0.519. The SMILES string of the molecule is CCCc1nc(Cl)c(C)c(Sc2ccncn2)n1. The molecule has 2 aromatic rings. The number of halogens is 1. The van der Waals surface area contributed by atoms with Gasteiger partial charge in [0.2, 0.25) is 0 Å². The highest BCUT2D eigenvalue weighted by Crippen LogP contribution is 2.29. The molecular weight excluding hydrogens is 268 g/mol. The van der Waals surface area contributed by atoms with Crippen LogP contribution in [-0.4, -0.2) is 19.9 Å². The maximum Gasteiger partial charge on any atom is 0.136 e. The molecule has 2 rings (SSSR count). The van der Waals surface area contributed by atoms with E-state index in [-0.39, 0.29) is 0 Å². The molecule has 0 radical (unpaired) electrons. The first-order chi connectivity index (χ1) is 8.70. The molecule has 6 heteroatoms. The van der Waals surface area contributed by atoms with Crippen molar-refractivity contribution in [1.82, 2.24) is 19.9 Å². The Bertz CT molecular complexity index is 533. The second-order valence-electron chi connectivity index (χ2n) is 3.76. The molecule has 0 aliphatic carbocycles. The lowest BCUT2D eigenvalue weighted by molar-refractivity contribution is 0.801. The summed E-state index contributed by atoms with van der Waals surface area (Å²) in [5.41, 5.74) is 0.889. The second-order valence-corrected chi connectivity index (χ2v) is 5.13. The van der Waals surface area contributed by atoms with Crippen molar-refractivity contribution >= 4 is 23.4 Å². The van der Waals surface area contributed by atoms with Crippen LogP contribution in [0.3, 0.4) is 0 Å². The molecule has 0 fully saturated rings. The third kappa shape index (κ3) is 3.17. The monoisotopic (exact) mass is 280 g/mol. The number of hydrogen-bond donors (Lipinski definition) is 0. The molecule has 0 spiro atoms. The summed E-state index contributed by atoms with van der Waals surface area (Å²) >= 11 is 7.61. The summed E-state index contributed by atoms with van der Waals surface area (Å²) in [5.74, 6) is 0.782. The van der Waals surface area contributed by atoms with Gasteiger partial charge in [0, 0.05) is 18.2 Å². The largest absolute Gasteiger partial charge is 0.245 e. The topological polar surface area (TPSA) is 51.6 Å². The highest BCUT2D eigenvalue weighted by atomic mass is 35.5. The highest BCUT2D eigenvalue weighted by Gasteiger charge is 2.11. The van der Waals surface area contributed by atoms with Gasteiger partial charge in [-0.05, 0) is 31.2 Å². The molecule has 0 N–H and O–H groups in total. The summed E-state index contributed by atoms with van der Waals surface area (Å²) in [7, 11) is 0. The van der Waals surface area contributed by atoms with E-state index in [9.17, 15) is 0 Å². The van der Waals surface area contributed by atoms with Crippen LogP contribution in [0, 0.1) is 6.92 Å². The van der Waals surface area contributed by atoms with E-state index in [2.05, 4.69) is 26.9 Å². The number of rotatable bonds is 4. The van der Waals surface area contributed by atoms with Gasteiger partial charge >= 0.3 is 0 Å². The average molecular weight is 281 g/mol. The first-order valence-corrected chi connectivity index (χ1v) is 6.87. The molecule has 0 aromatic carbocycles. The van der Waals surface area contributed by atoms with Gasteiger partial charge in [-0.3, -0.25) is 0 Å². The fourth-order valence-electron chi connectivity index (χ4n) is 1.38. The summed E-state index contributed by atoms with van der Waals surface area (Å²) in [6.45, 7) is 4.01. The summed E-state index contributed by atoms with van der Waals surface area (Å²) in [6, 6.07) is 1.85. The first kappa shape index (κ1) is 13.2. The van der Waals surface area contributed by atoms with E-state index >= 15 is 0 Å². The Morgan fingerprint density at radius 3 is 2.83 bits per heavy atom. The Balaban J connectivity index is 2.31. The lowest BCUT2D eigenvalue weighted by Crippen LogP contribution is -1.99. The van der Waals surface area contributed by atoms with Crippen LogP contribution in [0.4, 0.5) is 0 Å². The van der Waals surface area contributed by atoms with Gasteiger partial charge in [-0.1, -0.05) is 18.5 Å². The number of hydrogen-bond acceptors (Lipinski definition) is 5. The normalized spacial score (nSPS) is 10.6. The summed E-state index contributed by atoms with van der Waals surface area (Å²) in [5, 5.41) is 2.23. The molecule has 0 saturated heterocycles. The standard InChI is InChI=1S/C12H13ClN4S/c1-3-4-9-16-11(13)8(2)12(17-9)18-10-5-6-14-7-15-10/h5-7H,3-4H2,1-2H3. The molecule has 4 nitrogen and oxygen atoms in total. The van der Waals surface area contributed by atoms with E-state index in [0.717, 1.165) is 34.3 Å². The molecule has 0 bridgehead atoms. The van der Waals surface area contributed by atoms with Gasteiger partial charge < -0.3 is 0 Å². The van der Waals surface area contributed by atoms with Gasteiger partial charge in [0.25, 0.3) is 0 Å². The zero-order valence-corrected chi connectivity index (χ0v) is 11.8. The first-order valence-electron chi connectivity index (χ1n) is 5.67. The molecule has 2 aromatic heterocycles. The summed E-state index contributed by atoms with van der Waals surface area (Å²) in [6.07, 6.45) is 5.06. The van der Waals surface area contributed by atoms with Gasteiger partial charge in [0.05, 0.1) is 0 Å². The summed E-state index contributed by atoms with van der Waals surface area (Å²) in [4.78, 5) is 16.9. The van der Waals surface area contributed by atoms with Gasteiger partial charge in [0.1, 0.15) is 27.4 Å². The summed E-state index contributed by atoms with van der Waals surface area (Å²) < 4.78 is 0. The average Bonchev–Trinajstić information content (AvgIpc) is 2.37. The predicted octanol–water partition coefficient (Wildman–Crippen LogP) is 3.33. The van der Waals surface area contributed by atoms with Crippen molar-refractivity contribution in [2.24, 2.45) is 0 Å². The van der Waals surface area contributed by atoms with E-state index in [1.807, 2.05) is 13.0 Å². The van der Waals surface area contributed by atoms with Crippen LogP contribution in [-0.2, 0) is 6.42 Å². The zero-order valence-electron chi connectivity index (χ0n) is 10.2. The number of aryl methyl sites for hydroxylation is 1. The fraction of sp³-hybridized carbons (Fsp3) is 0.333. The Labute approximate surface area is 115 Å². The molecule has 0 atom stereocenters.